The second kappa shape index (κ2) is 10.4. The number of azide groups is 1. The summed E-state index contributed by atoms with van der Waals surface area (Å²) in [5.41, 5.74) is 9.48. The minimum atomic E-state index is -1.05. The molecule has 1 rings (SSSR count). The third kappa shape index (κ3) is 6.90. The van der Waals surface area contributed by atoms with Crippen molar-refractivity contribution in [3.05, 3.63) is 58.5 Å². The molecule has 0 aliphatic carbocycles. The summed E-state index contributed by atoms with van der Waals surface area (Å²) >= 11 is 0. The maximum Gasteiger partial charge on any atom is 0.330 e. The molecule has 1 aromatic carbocycles. The Morgan fingerprint density at radius 1 is 1.45 bits per heavy atom. The van der Waals surface area contributed by atoms with Crippen molar-refractivity contribution < 1.29 is 19.4 Å². The van der Waals surface area contributed by atoms with E-state index in [1.807, 2.05) is 30.3 Å². The Morgan fingerprint density at radius 3 is 2.82 bits per heavy atom. The fraction of sp³-hybridized carbons (Fsp3) is 0.400. The van der Waals surface area contributed by atoms with Gasteiger partial charge in [0.15, 0.2) is 0 Å². The highest BCUT2D eigenvalue weighted by atomic mass is 16.5. The first-order valence-electron chi connectivity index (χ1n) is 6.86. The van der Waals surface area contributed by atoms with Gasteiger partial charge in [-0.15, -0.1) is 0 Å². The third-order valence-corrected chi connectivity index (χ3v) is 2.70. The van der Waals surface area contributed by atoms with E-state index >= 15 is 0 Å². The molecule has 22 heavy (non-hydrogen) atoms. The topological polar surface area (TPSA) is 105 Å². The number of carbonyl (C=O) groups excluding carboxylic acids is 1. The molecule has 0 aliphatic rings. The Balaban J connectivity index is 2.49. The van der Waals surface area contributed by atoms with Crippen LogP contribution in [0.4, 0.5) is 0 Å². The van der Waals surface area contributed by atoms with Crippen LogP contribution in [-0.2, 0) is 20.9 Å². The number of hydrogen-bond acceptors (Lipinski definition) is 5. The number of ether oxygens (including phenoxy) is 2. The normalized spacial score (nSPS) is 13.4. The van der Waals surface area contributed by atoms with E-state index in [1.54, 1.807) is 6.92 Å². The molecule has 0 unspecified atom stereocenters. The van der Waals surface area contributed by atoms with Crippen LogP contribution in [0, 0.1) is 0 Å². The predicted octanol–water partition coefficient (Wildman–Crippen LogP) is 2.36. The van der Waals surface area contributed by atoms with Crippen LogP contribution in [0.2, 0.25) is 0 Å². The van der Waals surface area contributed by atoms with Crippen LogP contribution >= 0.6 is 0 Å². The zero-order valence-corrected chi connectivity index (χ0v) is 12.3. The van der Waals surface area contributed by atoms with Gasteiger partial charge in [-0.3, -0.25) is 0 Å². The van der Waals surface area contributed by atoms with Crippen molar-refractivity contribution in [3.63, 3.8) is 0 Å². The Morgan fingerprint density at radius 2 is 2.18 bits per heavy atom. The van der Waals surface area contributed by atoms with E-state index in [0.29, 0.717) is 6.61 Å². The minimum absolute atomic E-state index is 0.0221. The first kappa shape index (κ1) is 17.7. The van der Waals surface area contributed by atoms with Gasteiger partial charge in [0.25, 0.3) is 0 Å². The summed E-state index contributed by atoms with van der Waals surface area (Å²) in [4.78, 5) is 13.9. The molecular formula is C15H19N3O4. The molecule has 0 bridgehead atoms. The standard InChI is InChI=1S/C15H19N3O4/c1-2-22-15(20)9-8-13(17-18-16)14(19)11-21-10-12-6-4-3-5-7-12/h3-9,13-14,19H,2,10-11H2,1H3/b9-8+/t13-,14-/m1/s1. The van der Waals surface area contributed by atoms with E-state index in [-0.39, 0.29) is 13.2 Å². The zero-order valence-electron chi connectivity index (χ0n) is 12.3. The molecule has 1 aromatic rings. The van der Waals surface area contributed by atoms with Crippen molar-refractivity contribution >= 4 is 5.97 Å². The summed E-state index contributed by atoms with van der Waals surface area (Å²) in [6.45, 7) is 2.25. The maximum absolute atomic E-state index is 11.2. The quantitative estimate of drug-likeness (QED) is 0.248. The van der Waals surface area contributed by atoms with Gasteiger partial charge in [-0.1, -0.05) is 41.5 Å². The Labute approximate surface area is 128 Å². The molecule has 0 fully saturated rings. The molecule has 0 saturated heterocycles. The second-order valence-electron chi connectivity index (χ2n) is 4.37. The first-order chi connectivity index (χ1) is 10.7. The lowest BCUT2D eigenvalue weighted by Crippen LogP contribution is -2.27. The van der Waals surface area contributed by atoms with E-state index in [0.717, 1.165) is 11.6 Å². The number of esters is 1. The van der Waals surface area contributed by atoms with E-state index in [2.05, 4.69) is 10.0 Å². The van der Waals surface area contributed by atoms with Crippen LogP contribution in [0.5, 0.6) is 0 Å². The highest BCUT2D eigenvalue weighted by Gasteiger charge is 2.15. The minimum Gasteiger partial charge on any atom is -0.463 e. The fourth-order valence-electron chi connectivity index (χ4n) is 1.64. The van der Waals surface area contributed by atoms with Gasteiger partial charge in [-0.25, -0.2) is 4.79 Å². The predicted molar refractivity (Wildman–Crippen MR) is 80.8 cm³/mol. The molecule has 1 N–H and O–H groups in total. The van der Waals surface area contributed by atoms with Gasteiger partial charge in [-0.2, -0.15) is 0 Å². The number of rotatable bonds is 9. The molecule has 7 heteroatoms. The lowest BCUT2D eigenvalue weighted by Gasteiger charge is -2.15. The van der Waals surface area contributed by atoms with Crippen molar-refractivity contribution in [1.29, 1.82) is 0 Å². The highest BCUT2D eigenvalue weighted by Crippen LogP contribution is 2.06. The number of aliphatic hydroxyl groups excluding tert-OH is 1. The second-order valence-corrected chi connectivity index (χ2v) is 4.37. The van der Waals surface area contributed by atoms with E-state index < -0.39 is 18.1 Å². The molecule has 2 atom stereocenters. The molecule has 0 radical (unpaired) electrons. The molecule has 0 aromatic heterocycles. The number of benzene rings is 1. The molecule has 118 valence electrons. The monoisotopic (exact) mass is 305 g/mol. The molecule has 0 amide bonds. The molecule has 0 saturated carbocycles. The summed E-state index contributed by atoms with van der Waals surface area (Å²) in [5, 5.41) is 13.4. The lowest BCUT2D eigenvalue weighted by atomic mass is 10.1. The zero-order chi connectivity index (χ0) is 16.2. The summed E-state index contributed by atoms with van der Waals surface area (Å²) in [6, 6.07) is 8.58. The molecule has 0 spiro atoms. The average molecular weight is 305 g/mol. The number of carbonyl (C=O) groups is 1. The summed E-state index contributed by atoms with van der Waals surface area (Å²) in [6.07, 6.45) is 1.38. The molecule has 0 heterocycles. The van der Waals surface area contributed by atoms with Crippen LogP contribution in [0.1, 0.15) is 12.5 Å². The molecule has 7 nitrogen and oxygen atoms in total. The molecule has 0 aliphatic heterocycles. The summed E-state index contributed by atoms with van der Waals surface area (Å²) in [7, 11) is 0. The van der Waals surface area contributed by atoms with Gasteiger partial charge in [0.2, 0.25) is 0 Å². The van der Waals surface area contributed by atoms with Crippen molar-refractivity contribution in [2.75, 3.05) is 13.2 Å². The Bertz CT molecular complexity index is 527. The van der Waals surface area contributed by atoms with Crippen LogP contribution < -0.4 is 0 Å². The maximum atomic E-state index is 11.2. The van der Waals surface area contributed by atoms with Crippen molar-refractivity contribution in [3.8, 4) is 0 Å². The first-order valence-corrected chi connectivity index (χ1v) is 6.86. The van der Waals surface area contributed by atoms with E-state index in [4.69, 9.17) is 15.0 Å². The van der Waals surface area contributed by atoms with Crippen LogP contribution in [-0.4, -0.2) is 36.4 Å². The van der Waals surface area contributed by atoms with Crippen molar-refractivity contribution in [2.45, 2.75) is 25.7 Å². The Kier molecular flexibility index (Phi) is 8.37. The van der Waals surface area contributed by atoms with Gasteiger partial charge in [0.05, 0.1) is 32.0 Å². The van der Waals surface area contributed by atoms with E-state index in [9.17, 15) is 9.90 Å². The van der Waals surface area contributed by atoms with Crippen LogP contribution in [0.3, 0.4) is 0 Å². The smallest absolute Gasteiger partial charge is 0.330 e. The van der Waals surface area contributed by atoms with E-state index in [1.165, 1.54) is 6.08 Å². The molecular weight excluding hydrogens is 286 g/mol. The van der Waals surface area contributed by atoms with Gasteiger partial charge in [-0.05, 0) is 18.0 Å². The fourth-order valence-corrected chi connectivity index (χ4v) is 1.64. The van der Waals surface area contributed by atoms with Gasteiger partial charge in [0, 0.05) is 11.0 Å². The number of nitrogens with zero attached hydrogens (tertiary/aromatic N) is 3. The summed E-state index contributed by atoms with van der Waals surface area (Å²) < 4.78 is 10.1. The highest BCUT2D eigenvalue weighted by molar-refractivity contribution is 5.82. The van der Waals surface area contributed by atoms with Crippen molar-refractivity contribution in [1.82, 2.24) is 0 Å². The SMILES string of the molecule is CCOC(=O)/C=C/[C@@H](N=[N+]=[N-])[C@H](O)COCc1ccccc1. The third-order valence-electron chi connectivity index (χ3n) is 2.70. The van der Waals surface area contributed by atoms with Gasteiger partial charge >= 0.3 is 5.97 Å². The number of hydrogen-bond donors (Lipinski definition) is 1. The largest absolute Gasteiger partial charge is 0.463 e. The lowest BCUT2D eigenvalue weighted by molar-refractivity contribution is -0.137. The number of aliphatic hydroxyl groups is 1. The Hall–Kier alpha value is -2.34. The van der Waals surface area contributed by atoms with Crippen molar-refractivity contribution in [2.24, 2.45) is 5.11 Å². The van der Waals surface area contributed by atoms with Crippen LogP contribution in [0.15, 0.2) is 47.6 Å². The van der Waals surface area contributed by atoms with Gasteiger partial charge in [0.1, 0.15) is 0 Å². The van der Waals surface area contributed by atoms with Crippen LogP contribution in [0.25, 0.3) is 10.4 Å². The average Bonchev–Trinajstić information content (AvgIpc) is 2.52. The summed E-state index contributed by atoms with van der Waals surface area (Å²) in [5.74, 6) is -0.557. The van der Waals surface area contributed by atoms with Gasteiger partial charge < -0.3 is 14.6 Å².